The monoisotopic (exact) mass is 175 g/mol. The Bertz CT molecular complexity index is 94.0. The fraction of sp³-hybridized carbons (Fsp3) is 1.00. The van der Waals surface area contributed by atoms with Gasteiger partial charge in [-0.25, -0.2) is 0 Å². The topological polar surface area (TPSA) is 35.2 Å². The van der Waals surface area contributed by atoms with Crippen LogP contribution in [0.25, 0.3) is 0 Å². The van der Waals surface area contributed by atoms with E-state index in [9.17, 15) is 0 Å². The molecule has 0 aliphatic carbocycles. The summed E-state index contributed by atoms with van der Waals surface area (Å²) in [5.74, 6) is 0. The molecule has 0 aromatic heterocycles. The fourth-order valence-electron chi connectivity index (χ4n) is 1.50. The number of hydrogen-bond acceptors (Lipinski definition) is 2. The zero-order valence-corrected chi connectivity index (χ0v) is 10.2. The lowest BCUT2D eigenvalue weighted by Crippen LogP contribution is -2.36. The van der Waals surface area contributed by atoms with Gasteiger partial charge < -0.3 is 10.2 Å². The predicted octanol–water partition coefficient (Wildman–Crippen LogP) is 0.579. The molecule has 1 atom stereocenters. The van der Waals surface area contributed by atoms with E-state index in [0.717, 1.165) is 29.7 Å². The minimum absolute atomic E-state index is 0.0837. The maximum atomic E-state index is 5.74. The number of nitrogens with two attached hydrogens (primary N) is 1. The average molecular weight is 175 g/mol. The molecule has 0 bridgehead atoms. The molecule has 1 unspecified atom stereocenters. The van der Waals surface area contributed by atoms with Gasteiger partial charge in [-0.05, 0) is 26.2 Å². The molecule has 0 aliphatic heterocycles. The molecule has 2 nitrogen and oxygen atoms in total. The Morgan fingerprint density at radius 1 is 1.45 bits per heavy atom. The van der Waals surface area contributed by atoms with E-state index in [1.54, 1.807) is 0 Å². The highest BCUT2D eigenvalue weighted by Crippen LogP contribution is 2.24. The van der Waals surface area contributed by atoms with Gasteiger partial charge in [0.05, 0.1) is 5.60 Å². The van der Waals surface area contributed by atoms with E-state index >= 15 is 0 Å². The number of hydrogen-bond donors (Lipinski definition) is 1. The van der Waals surface area contributed by atoms with Crippen LogP contribution in [0, 0.1) is 0 Å². The van der Waals surface area contributed by atoms with Crippen molar-refractivity contribution in [2.45, 2.75) is 51.7 Å². The van der Waals surface area contributed by atoms with Crippen LogP contribution in [0.3, 0.4) is 0 Å². The van der Waals surface area contributed by atoms with E-state index in [1.165, 1.54) is 0 Å². The van der Waals surface area contributed by atoms with Crippen LogP contribution < -0.4 is 5.73 Å². The van der Waals surface area contributed by atoms with Gasteiger partial charge in [-0.1, -0.05) is 13.8 Å². The first-order valence-electron chi connectivity index (χ1n) is 4.41. The third kappa shape index (κ3) is 3.36. The summed E-state index contributed by atoms with van der Waals surface area (Å²) in [4.78, 5) is 0. The molecule has 0 rings (SSSR count). The lowest BCUT2D eigenvalue weighted by Gasteiger charge is -2.32. The summed E-state index contributed by atoms with van der Waals surface area (Å²) in [6.07, 6.45) is 3.15. The molecular formula is C8H21NOSi. The highest BCUT2D eigenvalue weighted by atomic mass is 28.2. The van der Waals surface area contributed by atoms with Crippen molar-refractivity contribution < 1.29 is 4.43 Å². The maximum Gasteiger partial charge on any atom is 0.146 e. The third-order valence-electron chi connectivity index (χ3n) is 2.42. The SMILES string of the molecule is CCC(CC)(CC(C)N)O[SiH3]. The molecule has 11 heavy (non-hydrogen) atoms. The van der Waals surface area contributed by atoms with Gasteiger partial charge in [0, 0.05) is 6.04 Å². The predicted molar refractivity (Wildman–Crippen MR) is 52.6 cm³/mol. The molecule has 0 radical (unpaired) electrons. The van der Waals surface area contributed by atoms with Gasteiger partial charge in [-0.2, -0.15) is 0 Å². The summed E-state index contributed by atoms with van der Waals surface area (Å²) in [6.45, 7) is 6.38. The van der Waals surface area contributed by atoms with E-state index in [2.05, 4.69) is 13.8 Å². The molecule has 0 saturated carbocycles. The van der Waals surface area contributed by atoms with Crippen molar-refractivity contribution in [3.63, 3.8) is 0 Å². The minimum Gasteiger partial charge on any atom is -0.422 e. The second-order valence-corrected chi connectivity index (χ2v) is 3.68. The van der Waals surface area contributed by atoms with Gasteiger partial charge in [-0.15, -0.1) is 0 Å². The van der Waals surface area contributed by atoms with Crippen molar-refractivity contribution in [3.05, 3.63) is 0 Å². The van der Waals surface area contributed by atoms with Crippen LogP contribution in [-0.2, 0) is 4.43 Å². The van der Waals surface area contributed by atoms with Crippen LogP contribution in [0.2, 0.25) is 0 Å². The molecule has 0 aromatic carbocycles. The Labute approximate surface area is 73.0 Å². The molecule has 0 heterocycles. The summed E-state index contributed by atoms with van der Waals surface area (Å²) in [6, 6.07) is 0.254. The fourth-order valence-corrected chi connectivity index (χ4v) is 2.24. The van der Waals surface area contributed by atoms with Gasteiger partial charge in [0.15, 0.2) is 0 Å². The Hall–Kier alpha value is 0.137. The van der Waals surface area contributed by atoms with E-state index in [4.69, 9.17) is 10.2 Å². The molecule has 2 N–H and O–H groups in total. The van der Waals surface area contributed by atoms with Crippen molar-refractivity contribution in [3.8, 4) is 0 Å². The molecule has 0 fully saturated rings. The third-order valence-corrected chi connectivity index (χ3v) is 3.28. The highest BCUT2D eigenvalue weighted by Gasteiger charge is 2.25. The van der Waals surface area contributed by atoms with E-state index < -0.39 is 0 Å². The smallest absolute Gasteiger partial charge is 0.146 e. The molecule has 0 saturated heterocycles. The quantitative estimate of drug-likeness (QED) is 0.620. The zero-order valence-electron chi connectivity index (χ0n) is 8.18. The van der Waals surface area contributed by atoms with E-state index in [0.29, 0.717) is 0 Å². The van der Waals surface area contributed by atoms with Crippen molar-refractivity contribution >= 4 is 10.5 Å². The summed E-state index contributed by atoms with van der Waals surface area (Å²) < 4.78 is 5.61. The molecule has 3 heteroatoms. The summed E-state index contributed by atoms with van der Waals surface area (Å²) in [7, 11) is 0.815. The lowest BCUT2D eigenvalue weighted by atomic mass is 9.90. The first-order chi connectivity index (χ1) is 5.10. The maximum absolute atomic E-state index is 5.74. The normalized spacial score (nSPS) is 15.3. The standard InChI is InChI=1S/C8H21NOSi/c1-4-8(5-2,10-11)6-7(3)9/h7H,4-6,9H2,1-3,11H3. The Morgan fingerprint density at radius 3 is 2.00 bits per heavy atom. The molecule has 0 amide bonds. The average Bonchev–Trinajstić information content (AvgIpc) is 2.00. The van der Waals surface area contributed by atoms with Crippen LogP contribution in [0.15, 0.2) is 0 Å². The van der Waals surface area contributed by atoms with Crippen molar-refractivity contribution in [2.75, 3.05) is 0 Å². The van der Waals surface area contributed by atoms with Gasteiger partial charge in [0.25, 0.3) is 0 Å². The lowest BCUT2D eigenvalue weighted by molar-refractivity contribution is 0.0557. The van der Waals surface area contributed by atoms with Crippen LogP contribution in [0.4, 0.5) is 0 Å². The Kier molecular flexibility index (Phi) is 4.96. The summed E-state index contributed by atoms with van der Waals surface area (Å²) in [5.41, 5.74) is 5.82. The summed E-state index contributed by atoms with van der Waals surface area (Å²) >= 11 is 0. The minimum atomic E-state index is 0.0837. The van der Waals surface area contributed by atoms with E-state index in [1.807, 2.05) is 6.92 Å². The largest absolute Gasteiger partial charge is 0.422 e. The second kappa shape index (κ2) is 4.90. The van der Waals surface area contributed by atoms with Gasteiger partial charge in [-0.3, -0.25) is 0 Å². The van der Waals surface area contributed by atoms with Crippen LogP contribution in [0.1, 0.15) is 40.0 Å². The zero-order chi connectivity index (χ0) is 8.91. The van der Waals surface area contributed by atoms with Crippen molar-refractivity contribution in [2.24, 2.45) is 5.73 Å². The van der Waals surface area contributed by atoms with Crippen LogP contribution >= 0.6 is 0 Å². The second-order valence-electron chi connectivity index (χ2n) is 3.28. The molecule has 0 aliphatic rings. The summed E-state index contributed by atoms with van der Waals surface area (Å²) in [5, 5.41) is 0. The molecule has 0 aromatic rings. The van der Waals surface area contributed by atoms with E-state index in [-0.39, 0.29) is 11.6 Å². The van der Waals surface area contributed by atoms with Gasteiger partial charge >= 0.3 is 0 Å². The Morgan fingerprint density at radius 2 is 1.91 bits per heavy atom. The number of rotatable bonds is 5. The first-order valence-corrected chi connectivity index (χ1v) is 5.22. The van der Waals surface area contributed by atoms with Crippen molar-refractivity contribution in [1.82, 2.24) is 0 Å². The van der Waals surface area contributed by atoms with Gasteiger partial charge in [0.2, 0.25) is 0 Å². The molecular weight excluding hydrogens is 154 g/mol. The highest BCUT2D eigenvalue weighted by molar-refractivity contribution is 5.98. The van der Waals surface area contributed by atoms with Crippen LogP contribution in [-0.4, -0.2) is 22.1 Å². The van der Waals surface area contributed by atoms with Crippen LogP contribution in [0.5, 0.6) is 0 Å². The molecule has 68 valence electrons. The van der Waals surface area contributed by atoms with Crippen molar-refractivity contribution in [1.29, 1.82) is 0 Å². The molecule has 0 spiro atoms. The Balaban J connectivity index is 4.05. The van der Waals surface area contributed by atoms with Gasteiger partial charge in [0.1, 0.15) is 10.5 Å². The first kappa shape index (κ1) is 11.1.